The van der Waals surface area contributed by atoms with Gasteiger partial charge in [0.05, 0.1) is 60.8 Å². The molecule has 3 heterocycles. The molecule has 0 spiro atoms. The van der Waals surface area contributed by atoms with Gasteiger partial charge in [0.15, 0.2) is 22.9 Å². The first-order valence-corrected chi connectivity index (χ1v) is 28.3. The number of carboxylic acids is 1. The molecule has 33 heteroatoms. The maximum atomic E-state index is 13.8. The number of hydrogen-bond donors (Lipinski definition) is 9. The highest BCUT2D eigenvalue weighted by atomic mass is 35.5. The summed E-state index contributed by atoms with van der Waals surface area (Å²) in [6.07, 6.45) is -5.24. The Morgan fingerprint density at radius 3 is 2.33 bits per heavy atom. The molecule has 28 nitrogen and oxygen atoms in total. The number of carbonyl (C=O) groups excluding carboxylic acids is 1. The number of ketones is 1. The molecule has 2 aliphatic heterocycles. The Bertz CT molecular complexity index is 3850. The Kier molecular flexibility index (Phi) is 18.6. The van der Waals surface area contributed by atoms with E-state index in [9.17, 15) is 78.0 Å². The molecule has 0 bridgehead atoms. The second-order valence-electron chi connectivity index (χ2n) is 17.7. The number of carboxylic acid groups (broad SMARTS) is 1. The summed E-state index contributed by atoms with van der Waals surface area (Å²) in [7, 11) is -15.9. The van der Waals surface area contributed by atoms with Crippen LogP contribution in [-0.4, -0.2) is 92.2 Å². The second kappa shape index (κ2) is 24.3. The number of hydrogen-bond acceptors (Lipinski definition) is 20. The summed E-state index contributed by atoms with van der Waals surface area (Å²) in [5.41, 5.74) is -3.80. The maximum Gasteiger partial charge on any atom is 0.490 e. The first-order chi connectivity index (χ1) is 37.4. The highest BCUT2D eigenvalue weighted by Gasteiger charge is 2.43. The van der Waals surface area contributed by atoms with E-state index in [4.69, 9.17) is 51.6 Å². The summed E-state index contributed by atoms with van der Waals surface area (Å²) in [4.78, 5) is 116. The first kappa shape index (κ1) is 61.2. The van der Waals surface area contributed by atoms with Crippen LogP contribution in [0.3, 0.4) is 0 Å². The molecule has 3 unspecified atom stereocenters. The van der Waals surface area contributed by atoms with Gasteiger partial charge in [-0.2, -0.15) is 8.62 Å². The van der Waals surface area contributed by atoms with Crippen LogP contribution in [0.25, 0.3) is 33.4 Å². The SMILES string of the molecule is COc1cc2c(-c3cc(C(=O)CCC#Cc4ccc(C(OCc5cn([C@H]6C[C@@H](O)[C@@H](COP(=O)(O)OP(=O)(O)OP(=O)(O)O)O6)c(=O)[nH]c5=O)C(C)C)c([N+](=O)[O-])c4)ccc3C(=O)O)c3cc(CO)c(O)c(Cl)c3oc-2c(Cl)c1=O. The topological polar surface area (TPSA) is 431 Å². The number of H-pyrrole nitrogens is 1. The van der Waals surface area contributed by atoms with E-state index in [1.165, 1.54) is 55.6 Å². The number of benzene rings is 4. The lowest BCUT2D eigenvalue weighted by Crippen LogP contribution is -2.34. The van der Waals surface area contributed by atoms with Gasteiger partial charge in [-0.05, 0) is 47.9 Å². The van der Waals surface area contributed by atoms with Gasteiger partial charge >= 0.3 is 35.1 Å². The monoisotopic (exact) mass is 1210 g/mol. The fourth-order valence-corrected chi connectivity index (χ4v) is 12.0. The van der Waals surface area contributed by atoms with Crippen molar-refractivity contribution in [2.75, 3.05) is 13.7 Å². The number of aromatic amines is 1. The number of nitro benzene ring substituents is 1. The number of nitrogens with zero attached hydrogens (tertiary/aromatic N) is 2. The number of rotatable bonds is 21. The average Bonchev–Trinajstić information content (AvgIpc) is 3.74. The van der Waals surface area contributed by atoms with Crippen LogP contribution in [-0.2, 0) is 49.5 Å². The van der Waals surface area contributed by atoms with Crippen LogP contribution >= 0.6 is 46.7 Å². The Hall–Kier alpha value is -6.44. The van der Waals surface area contributed by atoms with Gasteiger partial charge in [-0.3, -0.25) is 38.6 Å². The Morgan fingerprint density at radius 1 is 0.975 bits per heavy atom. The lowest BCUT2D eigenvalue weighted by Gasteiger charge is -2.22. The van der Waals surface area contributed by atoms with Crippen molar-refractivity contribution in [3.05, 3.63) is 139 Å². The average molecular weight is 1210 g/mol. The van der Waals surface area contributed by atoms with Crippen LogP contribution < -0.4 is 21.4 Å². The van der Waals surface area contributed by atoms with Gasteiger partial charge in [0.1, 0.15) is 28.1 Å². The summed E-state index contributed by atoms with van der Waals surface area (Å²) < 4.78 is 70.2. The number of Topliss-reactive ketones (excluding diaryl/α,β-unsaturated/α-hetero) is 1. The van der Waals surface area contributed by atoms with E-state index in [2.05, 4.69) is 30.0 Å². The van der Waals surface area contributed by atoms with Gasteiger partial charge in [-0.1, -0.05) is 55.0 Å². The van der Waals surface area contributed by atoms with Gasteiger partial charge in [-0.15, -0.1) is 0 Å². The number of phosphoric acid groups is 3. The van der Waals surface area contributed by atoms with E-state index in [-0.39, 0.29) is 85.4 Å². The zero-order valence-electron chi connectivity index (χ0n) is 41.3. The molecular formula is C47H44Cl2N3O25P3. The van der Waals surface area contributed by atoms with Crippen LogP contribution in [0.15, 0.2) is 73.5 Å². The predicted octanol–water partition coefficient (Wildman–Crippen LogP) is 6.45. The third kappa shape index (κ3) is 13.6. The Labute approximate surface area is 458 Å². The van der Waals surface area contributed by atoms with Crippen molar-refractivity contribution in [3.63, 3.8) is 0 Å². The summed E-state index contributed by atoms with van der Waals surface area (Å²) in [6.45, 7) is 1.02. The van der Waals surface area contributed by atoms with Crippen LogP contribution in [0.5, 0.6) is 11.5 Å². The minimum atomic E-state index is -5.86. The molecule has 3 aliphatic rings. The number of carbonyl (C=O) groups is 2. The van der Waals surface area contributed by atoms with Crippen molar-refractivity contribution >= 4 is 75.1 Å². The number of phenols is 1. The standard InChI is InChI=1S/C47H44Cl2N3O25P3/c1-21(2)42(72-19-25-17-51(47(61)50-45(25)58)36-16-33(55)35(74-36)20-73-79(67,68)77-80(69,70)76-78(64,65)66)27-10-8-22(12-31(27)52(62)63)6-4-5-7-32(54)23-9-11-26(46(59)60)28(13-23)37-29-14-24(18-53)40(56)38(48)43(29)75-44-30(37)15-34(71-3)41(57)39(44)49/h8-15,17,21,33,35-36,42,53,55-56H,5,7,16,18-20H2,1-3H3,(H,59,60)(H,67,68)(H,69,70)(H,50,58,61)(H2,64,65,66)/t33-,35-,36-,42?/m1/s1. The lowest BCUT2D eigenvalue weighted by molar-refractivity contribution is -0.386. The van der Waals surface area contributed by atoms with Crippen molar-refractivity contribution in [3.8, 4) is 45.8 Å². The minimum absolute atomic E-state index is 0.00750. The molecule has 1 aliphatic carbocycles. The molecule has 80 heavy (non-hydrogen) atoms. The molecule has 0 amide bonds. The molecule has 9 N–H and O–H groups in total. The van der Waals surface area contributed by atoms with Gasteiger partial charge in [-0.25, -0.2) is 23.3 Å². The molecule has 1 fully saturated rings. The van der Waals surface area contributed by atoms with E-state index in [1.54, 1.807) is 13.8 Å². The number of aliphatic hydroxyl groups excluding tert-OH is 2. The van der Waals surface area contributed by atoms with Crippen molar-refractivity contribution in [1.82, 2.24) is 9.55 Å². The highest BCUT2D eigenvalue weighted by molar-refractivity contribution is 7.66. The maximum absolute atomic E-state index is 13.8. The van der Waals surface area contributed by atoms with Crippen molar-refractivity contribution < 1.29 is 100.0 Å². The second-order valence-corrected chi connectivity index (χ2v) is 22.9. The number of ether oxygens (including phenoxy) is 3. The molecule has 1 aromatic heterocycles. The van der Waals surface area contributed by atoms with E-state index < -0.39 is 135 Å². The molecule has 0 radical (unpaired) electrons. The Morgan fingerprint density at radius 2 is 1.69 bits per heavy atom. The zero-order chi connectivity index (χ0) is 58.9. The molecule has 6 atom stereocenters. The van der Waals surface area contributed by atoms with E-state index in [1.807, 2.05) is 0 Å². The minimum Gasteiger partial charge on any atom is -0.506 e. The third-order valence-electron chi connectivity index (χ3n) is 12.0. The van der Waals surface area contributed by atoms with Gasteiger partial charge in [0, 0.05) is 64.7 Å². The van der Waals surface area contributed by atoms with Crippen molar-refractivity contribution in [1.29, 1.82) is 0 Å². The number of aromatic hydroxyl groups is 1. The highest BCUT2D eigenvalue weighted by Crippen LogP contribution is 2.66. The van der Waals surface area contributed by atoms with Crippen LogP contribution in [0.2, 0.25) is 10.0 Å². The number of aromatic carboxylic acids is 1. The number of halogens is 2. The Balaban J connectivity index is 1.08. The molecule has 426 valence electrons. The number of methoxy groups -OCH3 is 1. The number of fused-ring (bicyclic) bond motifs is 2. The quantitative estimate of drug-likeness (QED) is 0.00932. The number of nitrogens with one attached hydrogen (secondary N) is 1. The van der Waals surface area contributed by atoms with Crippen LogP contribution in [0, 0.1) is 27.9 Å². The molecular weight excluding hydrogens is 1170 g/mol. The third-order valence-corrected chi connectivity index (χ3v) is 16.5. The van der Waals surface area contributed by atoms with Gasteiger partial charge in [0.2, 0.25) is 5.43 Å². The predicted molar refractivity (Wildman–Crippen MR) is 277 cm³/mol. The molecule has 4 aromatic rings. The lowest BCUT2D eigenvalue weighted by atomic mass is 9.88. The number of aromatic nitrogens is 2. The largest absolute Gasteiger partial charge is 0.506 e. The van der Waals surface area contributed by atoms with Gasteiger partial charge < -0.3 is 58.6 Å². The van der Waals surface area contributed by atoms with Crippen LogP contribution in [0.1, 0.15) is 88.4 Å². The fraction of sp³-hybridized carbons (Fsp3) is 0.298. The molecule has 7 rings (SSSR count). The summed E-state index contributed by atoms with van der Waals surface area (Å²) in [6, 6.07) is 10.3. The van der Waals surface area contributed by atoms with E-state index >= 15 is 0 Å². The first-order valence-electron chi connectivity index (χ1n) is 23.0. The molecule has 0 saturated carbocycles. The van der Waals surface area contributed by atoms with Crippen molar-refractivity contribution in [2.45, 2.75) is 70.9 Å². The van der Waals surface area contributed by atoms with Gasteiger partial charge in [0.25, 0.3) is 11.2 Å². The van der Waals surface area contributed by atoms with E-state index in [0.29, 0.717) is 0 Å². The summed E-state index contributed by atoms with van der Waals surface area (Å²) in [5, 5.41) is 53.4. The number of nitro groups is 1. The van der Waals surface area contributed by atoms with Crippen molar-refractivity contribution in [2.24, 2.45) is 5.92 Å². The number of aliphatic hydroxyl groups is 2. The smallest absolute Gasteiger partial charge is 0.490 e. The summed E-state index contributed by atoms with van der Waals surface area (Å²) >= 11 is 13.0. The normalized spacial score (nSPS) is 17.4. The van der Waals surface area contributed by atoms with Crippen LogP contribution in [0.4, 0.5) is 5.69 Å². The number of phosphoric ester groups is 1. The molecule has 1 saturated heterocycles. The molecule has 3 aromatic carbocycles. The summed E-state index contributed by atoms with van der Waals surface area (Å²) in [5.74, 6) is 2.09. The van der Waals surface area contributed by atoms with E-state index in [0.717, 1.165) is 10.8 Å². The zero-order valence-corrected chi connectivity index (χ0v) is 45.5. The fourth-order valence-electron chi connectivity index (χ4n) is 8.43.